The van der Waals surface area contributed by atoms with Gasteiger partial charge in [0.05, 0.1) is 0 Å². The standard InChI is InChI=1S/C14H28N2/c1-2-15-14-8-6-7-13(14)9-12-16-10-4-3-5-11-16/h13-15H,2-12H2,1H3. The van der Waals surface area contributed by atoms with Crippen molar-refractivity contribution in [2.75, 3.05) is 26.2 Å². The molecule has 2 aliphatic rings. The third kappa shape index (κ3) is 3.46. The molecule has 1 saturated carbocycles. The maximum atomic E-state index is 3.66. The van der Waals surface area contributed by atoms with E-state index < -0.39 is 0 Å². The van der Waals surface area contributed by atoms with E-state index in [-0.39, 0.29) is 0 Å². The molecule has 2 nitrogen and oxygen atoms in total. The third-order valence-corrected chi connectivity index (χ3v) is 4.39. The molecule has 1 aliphatic carbocycles. The Morgan fingerprint density at radius 1 is 1.06 bits per heavy atom. The second-order valence-electron chi connectivity index (χ2n) is 5.55. The lowest BCUT2D eigenvalue weighted by molar-refractivity contribution is 0.207. The Morgan fingerprint density at radius 2 is 1.88 bits per heavy atom. The molecule has 0 aromatic heterocycles. The first-order valence-corrected chi connectivity index (χ1v) is 7.36. The zero-order chi connectivity index (χ0) is 11.2. The van der Waals surface area contributed by atoms with Crippen molar-refractivity contribution in [3.63, 3.8) is 0 Å². The molecule has 2 rings (SSSR count). The molecule has 2 atom stereocenters. The summed E-state index contributed by atoms with van der Waals surface area (Å²) in [5, 5.41) is 3.66. The van der Waals surface area contributed by atoms with Gasteiger partial charge in [-0.2, -0.15) is 0 Å². The Kier molecular flexibility index (Phi) is 5.11. The molecular formula is C14H28N2. The van der Waals surface area contributed by atoms with Gasteiger partial charge in [0.1, 0.15) is 0 Å². The minimum atomic E-state index is 0.829. The highest BCUT2D eigenvalue weighted by atomic mass is 15.1. The number of nitrogens with zero attached hydrogens (tertiary/aromatic N) is 1. The number of piperidine rings is 1. The van der Waals surface area contributed by atoms with Crippen LogP contribution in [0.4, 0.5) is 0 Å². The number of hydrogen-bond acceptors (Lipinski definition) is 2. The molecule has 0 aromatic carbocycles. The second-order valence-corrected chi connectivity index (χ2v) is 5.55. The fourth-order valence-corrected chi connectivity index (χ4v) is 3.44. The average Bonchev–Trinajstić information content (AvgIpc) is 2.76. The average molecular weight is 224 g/mol. The molecule has 1 saturated heterocycles. The molecule has 2 heteroatoms. The van der Waals surface area contributed by atoms with Gasteiger partial charge in [0.25, 0.3) is 0 Å². The van der Waals surface area contributed by atoms with Gasteiger partial charge in [0, 0.05) is 6.04 Å². The van der Waals surface area contributed by atoms with Crippen molar-refractivity contribution in [1.82, 2.24) is 10.2 Å². The predicted molar refractivity (Wildman–Crippen MR) is 69.7 cm³/mol. The monoisotopic (exact) mass is 224 g/mol. The summed E-state index contributed by atoms with van der Waals surface area (Å²) in [5.41, 5.74) is 0. The summed E-state index contributed by atoms with van der Waals surface area (Å²) in [5.74, 6) is 0.960. The fraction of sp³-hybridized carbons (Fsp3) is 1.00. The first kappa shape index (κ1) is 12.4. The van der Waals surface area contributed by atoms with Gasteiger partial charge in [-0.3, -0.25) is 0 Å². The first-order chi connectivity index (χ1) is 7.90. The van der Waals surface area contributed by atoms with Gasteiger partial charge in [-0.1, -0.05) is 19.8 Å². The summed E-state index contributed by atoms with van der Waals surface area (Å²) >= 11 is 0. The van der Waals surface area contributed by atoms with Gasteiger partial charge in [0.2, 0.25) is 0 Å². The van der Waals surface area contributed by atoms with E-state index in [0.717, 1.165) is 18.5 Å². The molecular weight excluding hydrogens is 196 g/mol. The Hall–Kier alpha value is -0.0800. The van der Waals surface area contributed by atoms with Crippen LogP contribution >= 0.6 is 0 Å². The summed E-state index contributed by atoms with van der Waals surface area (Å²) in [6.45, 7) is 7.45. The van der Waals surface area contributed by atoms with Crippen LogP contribution in [0.15, 0.2) is 0 Å². The van der Waals surface area contributed by atoms with Crippen molar-refractivity contribution < 1.29 is 0 Å². The highest BCUT2D eigenvalue weighted by Crippen LogP contribution is 2.28. The highest BCUT2D eigenvalue weighted by molar-refractivity contribution is 4.83. The maximum Gasteiger partial charge on any atom is 0.00956 e. The van der Waals surface area contributed by atoms with Crippen LogP contribution in [0.3, 0.4) is 0 Å². The summed E-state index contributed by atoms with van der Waals surface area (Å²) in [6, 6.07) is 0.829. The van der Waals surface area contributed by atoms with Gasteiger partial charge < -0.3 is 10.2 Å². The molecule has 1 aliphatic heterocycles. The third-order valence-electron chi connectivity index (χ3n) is 4.39. The van der Waals surface area contributed by atoms with Crippen molar-refractivity contribution in [2.45, 2.75) is 57.9 Å². The van der Waals surface area contributed by atoms with E-state index in [4.69, 9.17) is 0 Å². The predicted octanol–water partition coefficient (Wildman–Crippen LogP) is 2.64. The number of likely N-dealkylation sites (tertiary alicyclic amines) is 1. The molecule has 1 N–H and O–H groups in total. The van der Waals surface area contributed by atoms with E-state index in [1.165, 1.54) is 64.6 Å². The van der Waals surface area contributed by atoms with E-state index in [0.29, 0.717) is 0 Å². The summed E-state index contributed by atoms with van der Waals surface area (Å²) in [6.07, 6.45) is 10.1. The minimum Gasteiger partial charge on any atom is -0.314 e. The van der Waals surface area contributed by atoms with Gasteiger partial charge in [-0.25, -0.2) is 0 Å². The molecule has 16 heavy (non-hydrogen) atoms. The maximum absolute atomic E-state index is 3.66. The molecule has 0 amide bonds. The van der Waals surface area contributed by atoms with E-state index in [1.54, 1.807) is 0 Å². The zero-order valence-electron chi connectivity index (χ0n) is 10.9. The van der Waals surface area contributed by atoms with Gasteiger partial charge in [0.15, 0.2) is 0 Å². The van der Waals surface area contributed by atoms with Crippen LogP contribution in [-0.2, 0) is 0 Å². The van der Waals surface area contributed by atoms with Crippen molar-refractivity contribution in [2.24, 2.45) is 5.92 Å². The Labute approximate surface area is 101 Å². The second kappa shape index (κ2) is 6.61. The van der Waals surface area contributed by atoms with Crippen LogP contribution in [0.2, 0.25) is 0 Å². The lowest BCUT2D eigenvalue weighted by Gasteiger charge is -2.29. The molecule has 0 aromatic rings. The summed E-state index contributed by atoms with van der Waals surface area (Å²) < 4.78 is 0. The molecule has 2 unspecified atom stereocenters. The van der Waals surface area contributed by atoms with Crippen LogP contribution in [0.1, 0.15) is 51.9 Å². The molecule has 2 fully saturated rings. The Bertz CT molecular complexity index is 187. The van der Waals surface area contributed by atoms with Crippen LogP contribution < -0.4 is 5.32 Å². The van der Waals surface area contributed by atoms with Crippen molar-refractivity contribution >= 4 is 0 Å². The van der Waals surface area contributed by atoms with Crippen LogP contribution in [0.5, 0.6) is 0 Å². The van der Waals surface area contributed by atoms with Crippen molar-refractivity contribution in [3.8, 4) is 0 Å². The lowest BCUT2D eigenvalue weighted by Crippen LogP contribution is -2.36. The molecule has 0 bridgehead atoms. The smallest absolute Gasteiger partial charge is 0.00956 e. The fourth-order valence-electron chi connectivity index (χ4n) is 3.44. The highest BCUT2D eigenvalue weighted by Gasteiger charge is 2.26. The van der Waals surface area contributed by atoms with Gasteiger partial charge in [-0.15, -0.1) is 0 Å². The van der Waals surface area contributed by atoms with Crippen LogP contribution in [0, 0.1) is 5.92 Å². The zero-order valence-corrected chi connectivity index (χ0v) is 10.9. The lowest BCUT2D eigenvalue weighted by atomic mass is 9.98. The number of hydrogen-bond donors (Lipinski definition) is 1. The van der Waals surface area contributed by atoms with Gasteiger partial charge in [-0.05, 0) is 64.2 Å². The van der Waals surface area contributed by atoms with Crippen molar-refractivity contribution in [3.05, 3.63) is 0 Å². The topological polar surface area (TPSA) is 15.3 Å². The van der Waals surface area contributed by atoms with E-state index >= 15 is 0 Å². The largest absolute Gasteiger partial charge is 0.314 e. The van der Waals surface area contributed by atoms with Gasteiger partial charge >= 0.3 is 0 Å². The molecule has 94 valence electrons. The number of rotatable bonds is 5. The minimum absolute atomic E-state index is 0.829. The normalized spacial score (nSPS) is 32.1. The van der Waals surface area contributed by atoms with Crippen LogP contribution in [0.25, 0.3) is 0 Å². The number of nitrogens with one attached hydrogen (secondary N) is 1. The SMILES string of the molecule is CCNC1CCCC1CCN1CCCCC1. The first-order valence-electron chi connectivity index (χ1n) is 7.36. The van der Waals surface area contributed by atoms with Crippen molar-refractivity contribution in [1.29, 1.82) is 0 Å². The Morgan fingerprint density at radius 3 is 2.62 bits per heavy atom. The molecule has 0 radical (unpaired) electrons. The summed E-state index contributed by atoms with van der Waals surface area (Å²) in [7, 11) is 0. The summed E-state index contributed by atoms with van der Waals surface area (Å²) in [4.78, 5) is 2.69. The van der Waals surface area contributed by atoms with E-state index in [2.05, 4.69) is 17.1 Å². The Balaban J connectivity index is 1.67. The molecule has 1 heterocycles. The molecule has 0 spiro atoms. The van der Waals surface area contributed by atoms with E-state index in [1.807, 2.05) is 0 Å². The van der Waals surface area contributed by atoms with E-state index in [9.17, 15) is 0 Å². The van der Waals surface area contributed by atoms with Crippen LogP contribution in [-0.4, -0.2) is 37.1 Å². The quantitative estimate of drug-likeness (QED) is 0.772.